The van der Waals surface area contributed by atoms with Crippen LogP contribution in [-0.4, -0.2) is 14.5 Å². The number of hydrogen-bond acceptors (Lipinski definition) is 4. The largest absolute Gasteiger partial charge is 1.00 e. The van der Waals surface area contributed by atoms with E-state index in [1.54, 1.807) is 0 Å². The predicted molar refractivity (Wildman–Crippen MR) is 66.1 cm³/mol. The first-order valence-corrected chi connectivity index (χ1v) is 5.78. The van der Waals surface area contributed by atoms with Gasteiger partial charge in [-0.15, -0.1) is 0 Å². The summed E-state index contributed by atoms with van der Waals surface area (Å²) in [6.45, 7) is 4.09. The highest BCUT2D eigenvalue weighted by Crippen LogP contribution is 2.27. The van der Waals surface area contributed by atoms with Crippen LogP contribution in [0.15, 0.2) is 23.9 Å². The monoisotopic (exact) mass is 266 g/mol. The van der Waals surface area contributed by atoms with E-state index < -0.39 is 0 Å². The van der Waals surface area contributed by atoms with Gasteiger partial charge >= 0.3 is 0 Å². The highest BCUT2D eigenvalue weighted by atomic mass is 35.5. The Labute approximate surface area is 109 Å². The van der Waals surface area contributed by atoms with Crippen molar-refractivity contribution in [3.8, 4) is 0 Å². The van der Waals surface area contributed by atoms with Gasteiger partial charge in [-0.3, -0.25) is 0 Å². The van der Waals surface area contributed by atoms with E-state index in [4.69, 9.17) is 0 Å². The fourth-order valence-electron chi connectivity index (χ4n) is 1.89. The molecule has 1 aromatic carbocycles. The lowest BCUT2D eigenvalue weighted by Gasteiger charge is -2.03. The number of rotatable bonds is 0. The molecule has 2 aromatic rings. The summed E-state index contributed by atoms with van der Waals surface area (Å²) in [7, 11) is 0. The summed E-state index contributed by atoms with van der Waals surface area (Å²) in [5.74, 6) is 0. The van der Waals surface area contributed by atoms with Crippen molar-refractivity contribution in [3.05, 3.63) is 23.9 Å². The molecular weight excluding hydrogens is 256 g/mol. The lowest BCUT2D eigenvalue weighted by molar-refractivity contribution is -0.350. The third-order valence-electron chi connectivity index (χ3n) is 2.51. The van der Waals surface area contributed by atoms with Crippen LogP contribution < -0.4 is 22.7 Å². The van der Waals surface area contributed by atoms with E-state index in [0.717, 1.165) is 33.8 Å². The van der Waals surface area contributed by atoms with Crippen molar-refractivity contribution in [2.24, 2.45) is 0 Å². The molecule has 1 aliphatic heterocycles. The standard InChI is InChI=1S/C11H10N4S.ClH/c1-6-5-7(2)13-10-8(12-6)3-4-9-11(10)15-16-14-9;/h3-5,12H,1-2H3;1H. The Bertz CT molecular complexity index is 629. The Hall–Kier alpha value is -1.46. The molecule has 0 aliphatic carbocycles. The fraction of sp³-hybridized carbons (Fsp3) is 0.182. The van der Waals surface area contributed by atoms with Gasteiger partial charge in [0.15, 0.2) is 11.2 Å². The molecule has 0 bridgehead atoms. The molecule has 1 aromatic heterocycles. The molecule has 88 valence electrons. The van der Waals surface area contributed by atoms with E-state index >= 15 is 0 Å². The SMILES string of the molecule is CC1=CC(C)=[NH+]c2c(ccc3nsnc23)N1.[Cl-]. The highest BCUT2D eigenvalue weighted by Gasteiger charge is 2.18. The number of anilines is 1. The van der Waals surface area contributed by atoms with Crippen molar-refractivity contribution < 1.29 is 17.4 Å². The van der Waals surface area contributed by atoms with E-state index in [2.05, 4.69) is 25.1 Å². The van der Waals surface area contributed by atoms with Crippen LogP contribution in [0.4, 0.5) is 11.4 Å². The molecule has 2 N–H and O–H groups in total. The molecule has 1 aliphatic rings. The molecule has 0 amide bonds. The zero-order chi connectivity index (χ0) is 11.1. The summed E-state index contributed by atoms with van der Waals surface area (Å²) in [5.41, 5.74) is 6.14. The van der Waals surface area contributed by atoms with Crippen LogP contribution in [0.25, 0.3) is 11.0 Å². The maximum absolute atomic E-state index is 4.32. The number of nitrogens with zero attached hydrogens (tertiary/aromatic N) is 2. The molecule has 0 spiro atoms. The van der Waals surface area contributed by atoms with E-state index in [1.807, 2.05) is 26.0 Å². The summed E-state index contributed by atoms with van der Waals surface area (Å²) in [6, 6.07) is 4.02. The number of aromatic nitrogens is 2. The topological polar surface area (TPSA) is 51.8 Å². The Kier molecular flexibility index (Phi) is 3.13. The van der Waals surface area contributed by atoms with E-state index in [9.17, 15) is 0 Å². The number of halogens is 1. The van der Waals surface area contributed by atoms with Gasteiger partial charge in [-0.25, -0.2) is 4.99 Å². The van der Waals surface area contributed by atoms with Crippen LogP contribution in [0.3, 0.4) is 0 Å². The minimum Gasteiger partial charge on any atom is -1.00 e. The summed E-state index contributed by atoms with van der Waals surface area (Å²) in [6.07, 6.45) is 2.08. The van der Waals surface area contributed by atoms with Crippen LogP contribution in [0.5, 0.6) is 0 Å². The maximum Gasteiger partial charge on any atom is 0.256 e. The normalized spacial score (nSPS) is 14.0. The van der Waals surface area contributed by atoms with Crippen molar-refractivity contribution >= 4 is 39.8 Å². The molecule has 3 rings (SSSR count). The van der Waals surface area contributed by atoms with Crippen LogP contribution in [-0.2, 0) is 0 Å². The van der Waals surface area contributed by atoms with Crippen LogP contribution >= 0.6 is 11.7 Å². The van der Waals surface area contributed by atoms with Gasteiger partial charge < -0.3 is 17.7 Å². The average molecular weight is 267 g/mol. The summed E-state index contributed by atoms with van der Waals surface area (Å²) >= 11 is 1.24. The minimum atomic E-state index is 0. The number of hydrogen-bond donors (Lipinski definition) is 2. The molecule has 2 heterocycles. The first-order chi connectivity index (χ1) is 7.74. The van der Waals surface area contributed by atoms with Gasteiger partial charge in [0.05, 0.1) is 11.7 Å². The predicted octanol–water partition coefficient (Wildman–Crippen LogP) is -1.80. The van der Waals surface area contributed by atoms with Crippen molar-refractivity contribution in [1.29, 1.82) is 0 Å². The first-order valence-electron chi connectivity index (χ1n) is 5.05. The quantitative estimate of drug-likeness (QED) is 0.592. The molecule has 17 heavy (non-hydrogen) atoms. The molecule has 0 saturated carbocycles. The van der Waals surface area contributed by atoms with Crippen molar-refractivity contribution in [1.82, 2.24) is 8.75 Å². The first kappa shape index (κ1) is 12.0. The second-order valence-corrected chi connectivity index (χ2v) is 4.41. The molecule has 4 nitrogen and oxygen atoms in total. The van der Waals surface area contributed by atoms with Gasteiger partial charge in [-0.1, -0.05) is 0 Å². The Morgan fingerprint density at radius 1 is 1.24 bits per heavy atom. The molecule has 0 fully saturated rings. The summed E-state index contributed by atoms with van der Waals surface area (Å²) in [5, 5.41) is 3.35. The van der Waals surface area contributed by atoms with E-state index in [-0.39, 0.29) is 12.4 Å². The van der Waals surface area contributed by atoms with Crippen LogP contribution in [0, 0.1) is 0 Å². The van der Waals surface area contributed by atoms with Gasteiger partial charge in [0.1, 0.15) is 11.2 Å². The second kappa shape index (κ2) is 4.43. The molecule has 0 radical (unpaired) electrons. The fourth-order valence-corrected chi connectivity index (χ4v) is 2.43. The molecule has 6 heteroatoms. The van der Waals surface area contributed by atoms with Gasteiger partial charge in [0, 0.05) is 18.7 Å². The average Bonchev–Trinajstić information content (AvgIpc) is 2.64. The second-order valence-electron chi connectivity index (χ2n) is 3.88. The van der Waals surface area contributed by atoms with Crippen molar-refractivity contribution in [3.63, 3.8) is 0 Å². The van der Waals surface area contributed by atoms with Crippen molar-refractivity contribution in [2.75, 3.05) is 5.32 Å². The minimum absolute atomic E-state index is 0. The zero-order valence-corrected chi connectivity index (χ0v) is 11.0. The third kappa shape index (κ3) is 2.03. The van der Waals surface area contributed by atoms with E-state index in [1.165, 1.54) is 11.7 Å². The summed E-state index contributed by atoms with van der Waals surface area (Å²) in [4.78, 5) is 3.36. The molecule has 0 unspecified atom stereocenters. The van der Waals surface area contributed by atoms with Crippen molar-refractivity contribution in [2.45, 2.75) is 13.8 Å². The lowest BCUT2D eigenvalue weighted by atomic mass is 10.2. The Balaban J connectivity index is 0.00000108. The third-order valence-corrected chi connectivity index (χ3v) is 3.06. The van der Waals surface area contributed by atoms with Gasteiger partial charge in [-0.2, -0.15) is 8.75 Å². The Morgan fingerprint density at radius 2 is 2.06 bits per heavy atom. The highest BCUT2D eigenvalue weighted by molar-refractivity contribution is 7.00. The number of nitrogens with one attached hydrogen (secondary N) is 2. The van der Waals surface area contributed by atoms with Gasteiger partial charge in [0.25, 0.3) is 5.69 Å². The zero-order valence-electron chi connectivity index (χ0n) is 9.41. The van der Waals surface area contributed by atoms with Gasteiger partial charge in [0.2, 0.25) is 0 Å². The molecule has 0 atom stereocenters. The van der Waals surface area contributed by atoms with Gasteiger partial charge in [-0.05, 0) is 19.1 Å². The number of benzene rings is 1. The lowest BCUT2D eigenvalue weighted by Crippen LogP contribution is -3.00. The smallest absolute Gasteiger partial charge is 0.256 e. The number of allylic oxidation sites excluding steroid dienone is 2. The van der Waals surface area contributed by atoms with Crippen LogP contribution in [0.2, 0.25) is 0 Å². The molecular formula is C11H11ClN4S. The van der Waals surface area contributed by atoms with E-state index in [0.29, 0.717) is 0 Å². The summed E-state index contributed by atoms with van der Waals surface area (Å²) < 4.78 is 8.56. The van der Waals surface area contributed by atoms with Crippen LogP contribution in [0.1, 0.15) is 13.8 Å². The maximum atomic E-state index is 4.32. The Morgan fingerprint density at radius 3 is 2.88 bits per heavy atom. The number of fused-ring (bicyclic) bond motifs is 3. The molecule has 0 saturated heterocycles.